The van der Waals surface area contributed by atoms with Gasteiger partial charge in [0.15, 0.2) is 0 Å². The molecule has 2 unspecified atom stereocenters. The Morgan fingerprint density at radius 1 is 1.27 bits per heavy atom. The van der Waals surface area contributed by atoms with Crippen LogP contribution in [0, 0.1) is 5.92 Å². The molecular weight excluding hydrogens is 296 g/mol. The van der Waals surface area contributed by atoms with Crippen molar-refractivity contribution in [2.45, 2.75) is 76.8 Å². The van der Waals surface area contributed by atoms with Gasteiger partial charge in [0.05, 0.1) is 0 Å². The molecule has 0 aliphatic carbocycles. The molecule has 0 spiro atoms. The molecule has 122 valence electrons. The number of piperidine rings is 1. The maximum atomic E-state index is 12.2. The lowest BCUT2D eigenvalue weighted by Crippen LogP contribution is -2.39. The summed E-state index contributed by atoms with van der Waals surface area (Å²) in [5, 5.41) is 16.6. The van der Waals surface area contributed by atoms with E-state index in [0.29, 0.717) is 35.5 Å². The summed E-state index contributed by atoms with van der Waals surface area (Å²) >= 11 is 1.53. The Hall–Kier alpha value is -1.01. The maximum Gasteiger partial charge on any atom is 0.226 e. The summed E-state index contributed by atoms with van der Waals surface area (Å²) in [6.07, 6.45) is 7.58. The topological polar surface area (TPSA) is 66.9 Å². The van der Waals surface area contributed by atoms with Crippen LogP contribution in [0.15, 0.2) is 0 Å². The van der Waals surface area contributed by atoms with Gasteiger partial charge >= 0.3 is 0 Å². The van der Waals surface area contributed by atoms with Crippen LogP contribution in [0.25, 0.3) is 0 Å². The van der Waals surface area contributed by atoms with E-state index in [1.165, 1.54) is 24.2 Å². The molecule has 5 nitrogen and oxygen atoms in total. The van der Waals surface area contributed by atoms with Crippen molar-refractivity contribution in [1.29, 1.82) is 0 Å². The van der Waals surface area contributed by atoms with Crippen LogP contribution >= 0.6 is 11.3 Å². The first-order valence-corrected chi connectivity index (χ1v) is 9.38. The van der Waals surface area contributed by atoms with Gasteiger partial charge in [-0.3, -0.25) is 4.79 Å². The third kappa shape index (κ3) is 3.66. The van der Waals surface area contributed by atoms with E-state index in [-0.39, 0.29) is 5.91 Å². The van der Waals surface area contributed by atoms with Gasteiger partial charge in [0.25, 0.3) is 0 Å². The first kappa shape index (κ1) is 15.9. The van der Waals surface area contributed by atoms with E-state index in [4.69, 9.17) is 0 Å². The Morgan fingerprint density at radius 3 is 2.59 bits per heavy atom. The quantitative estimate of drug-likeness (QED) is 0.843. The second-order valence-corrected chi connectivity index (χ2v) is 7.70. The Kier molecular flexibility index (Phi) is 5.08. The minimum Gasteiger partial charge on any atom is -0.311 e. The summed E-state index contributed by atoms with van der Waals surface area (Å²) in [6, 6.07) is 1.28. The van der Waals surface area contributed by atoms with Crippen LogP contribution in [-0.4, -0.2) is 28.2 Å². The number of anilines is 1. The summed E-state index contributed by atoms with van der Waals surface area (Å²) in [7, 11) is 0. The zero-order chi connectivity index (χ0) is 15.5. The second kappa shape index (κ2) is 7.04. The monoisotopic (exact) mass is 322 g/mol. The molecule has 1 aromatic heterocycles. The largest absolute Gasteiger partial charge is 0.311 e. The molecule has 2 saturated heterocycles. The molecule has 2 aliphatic heterocycles. The lowest BCUT2D eigenvalue weighted by Gasteiger charge is -2.28. The summed E-state index contributed by atoms with van der Waals surface area (Å²) in [5.74, 6) is 1.08. The molecule has 1 amide bonds. The Labute approximate surface area is 136 Å². The van der Waals surface area contributed by atoms with Gasteiger partial charge in [-0.25, -0.2) is 0 Å². The van der Waals surface area contributed by atoms with E-state index in [0.717, 1.165) is 30.7 Å². The summed E-state index contributed by atoms with van der Waals surface area (Å²) < 4.78 is 0. The van der Waals surface area contributed by atoms with Gasteiger partial charge in [-0.15, -0.1) is 10.2 Å². The molecule has 6 heteroatoms. The predicted octanol–water partition coefficient (Wildman–Crippen LogP) is 3.30. The summed E-state index contributed by atoms with van der Waals surface area (Å²) in [4.78, 5) is 12.2. The Balaban J connectivity index is 1.51. The van der Waals surface area contributed by atoms with Crippen molar-refractivity contribution >= 4 is 22.4 Å². The number of hydrogen-bond donors (Lipinski definition) is 2. The lowest BCUT2D eigenvalue weighted by atomic mass is 9.89. The zero-order valence-electron chi connectivity index (χ0n) is 13.5. The Morgan fingerprint density at radius 2 is 1.95 bits per heavy atom. The van der Waals surface area contributed by atoms with Crippen molar-refractivity contribution in [2.24, 2.45) is 5.92 Å². The fourth-order valence-electron chi connectivity index (χ4n) is 3.86. The van der Waals surface area contributed by atoms with Gasteiger partial charge in [0.1, 0.15) is 5.01 Å². The molecule has 3 heterocycles. The molecule has 3 rings (SSSR count). The fourth-order valence-corrected chi connectivity index (χ4v) is 4.89. The van der Waals surface area contributed by atoms with Crippen LogP contribution in [0.5, 0.6) is 0 Å². The van der Waals surface area contributed by atoms with E-state index >= 15 is 0 Å². The normalized spacial score (nSPS) is 27.3. The highest BCUT2D eigenvalue weighted by Crippen LogP contribution is 2.33. The average Bonchev–Trinajstić information content (AvgIpc) is 3.07. The van der Waals surface area contributed by atoms with Gasteiger partial charge in [0, 0.05) is 24.4 Å². The highest BCUT2D eigenvalue weighted by atomic mass is 32.1. The van der Waals surface area contributed by atoms with Crippen molar-refractivity contribution < 1.29 is 4.79 Å². The fraction of sp³-hybridized carbons (Fsp3) is 0.812. The van der Waals surface area contributed by atoms with Crippen LogP contribution in [0.1, 0.15) is 69.7 Å². The summed E-state index contributed by atoms with van der Waals surface area (Å²) in [6.45, 7) is 4.33. The SMILES string of the molecule is CCC(CC)c1nnc(NC(=O)CC2CC3CCC(C2)N3)s1. The first-order chi connectivity index (χ1) is 10.7. The third-order valence-corrected chi connectivity index (χ3v) is 6.07. The van der Waals surface area contributed by atoms with Crippen molar-refractivity contribution in [3.63, 3.8) is 0 Å². The molecule has 2 N–H and O–H groups in total. The molecule has 0 radical (unpaired) electrons. The first-order valence-electron chi connectivity index (χ1n) is 8.57. The molecule has 2 atom stereocenters. The predicted molar refractivity (Wildman–Crippen MR) is 89.1 cm³/mol. The van der Waals surface area contributed by atoms with Crippen molar-refractivity contribution in [3.8, 4) is 0 Å². The van der Waals surface area contributed by atoms with Crippen molar-refractivity contribution in [3.05, 3.63) is 5.01 Å². The van der Waals surface area contributed by atoms with E-state index in [2.05, 4.69) is 34.7 Å². The number of aromatic nitrogens is 2. The lowest BCUT2D eigenvalue weighted by molar-refractivity contribution is -0.117. The molecule has 0 saturated carbocycles. The van der Waals surface area contributed by atoms with Crippen LogP contribution in [0.3, 0.4) is 0 Å². The van der Waals surface area contributed by atoms with Gasteiger partial charge in [-0.05, 0) is 44.4 Å². The average molecular weight is 322 g/mol. The number of nitrogens with one attached hydrogen (secondary N) is 2. The number of amides is 1. The van der Waals surface area contributed by atoms with Crippen LogP contribution in [-0.2, 0) is 4.79 Å². The van der Waals surface area contributed by atoms with Crippen molar-refractivity contribution in [2.75, 3.05) is 5.32 Å². The van der Waals surface area contributed by atoms with Gasteiger partial charge in [-0.2, -0.15) is 0 Å². The van der Waals surface area contributed by atoms with Crippen LogP contribution in [0.2, 0.25) is 0 Å². The molecule has 22 heavy (non-hydrogen) atoms. The molecule has 2 aliphatic rings. The number of nitrogens with zero attached hydrogens (tertiary/aromatic N) is 2. The highest BCUT2D eigenvalue weighted by molar-refractivity contribution is 7.15. The standard InChI is InChI=1S/C16H26N4OS/c1-3-11(4-2)15-19-20-16(22-15)18-14(21)9-10-7-12-5-6-13(8-10)17-12/h10-13,17H,3-9H2,1-2H3,(H,18,20,21). The number of hydrogen-bond acceptors (Lipinski definition) is 5. The Bertz CT molecular complexity index is 502. The van der Waals surface area contributed by atoms with E-state index in [1.54, 1.807) is 0 Å². The van der Waals surface area contributed by atoms with Gasteiger partial charge < -0.3 is 10.6 Å². The number of fused-ring (bicyclic) bond motifs is 2. The minimum absolute atomic E-state index is 0.0959. The second-order valence-electron chi connectivity index (χ2n) is 6.69. The number of carbonyl (C=O) groups is 1. The highest BCUT2D eigenvalue weighted by Gasteiger charge is 2.34. The van der Waals surface area contributed by atoms with Crippen LogP contribution < -0.4 is 10.6 Å². The maximum absolute atomic E-state index is 12.2. The third-order valence-electron chi connectivity index (χ3n) is 5.07. The smallest absolute Gasteiger partial charge is 0.226 e. The van der Waals surface area contributed by atoms with E-state index in [9.17, 15) is 4.79 Å². The van der Waals surface area contributed by atoms with E-state index < -0.39 is 0 Å². The van der Waals surface area contributed by atoms with Gasteiger partial charge in [0.2, 0.25) is 11.0 Å². The molecule has 2 bridgehead atoms. The molecule has 1 aromatic rings. The van der Waals surface area contributed by atoms with Crippen molar-refractivity contribution in [1.82, 2.24) is 15.5 Å². The molecule has 2 fully saturated rings. The number of rotatable bonds is 6. The zero-order valence-corrected chi connectivity index (χ0v) is 14.3. The number of carbonyl (C=O) groups excluding carboxylic acids is 1. The summed E-state index contributed by atoms with van der Waals surface area (Å²) in [5.41, 5.74) is 0. The van der Waals surface area contributed by atoms with E-state index in [1.807, 2.05) is 0 Å². The van der Waals surface area contributed by atoms with Crippen LogP contribution in [0.4, 0.5) is 5.13 Å². The molecule has 0 aromatic carbocycles. The van der Waals surface area contributed by atoms with Gasteiger partial charge in [-0.1, -0.05) is 25.2 Å². The minimum atomic E-state index is 0.0959. The molecular formula is C16H26N4OS.